The molecule has 0 saturated heterocycles. The minimum Gasteiger partial charge on any atom is -0.504 e. The molecule has 0 radical (unpaired) electrons. The molecule has 3 rings (SSSR count). The minimum atomic E-state index is 0.326. The quantitative estimate of drug-likeness (QED) is 0.852. The Morgan fingerprint density at radius 1 is 1.17 bits per heavy atom. The Morgan fingerprint density at radius 2 is 2.00 bits per heavy atom. The molecule has 1 atom stereocenters. The highest BCUT2D eigenvalue weighted by Crippen LogP contribution is 2.37. The third-order valence-electron chi connectivity index (χ3n) is 4.47. The van der Waals surface area contributed by atoms with E-state index in [1.165, 1.54) is 5.56 Å². The van der Waals surface area contributed by atoms with Gasteiger partial charge in [-0.15, -0.1) is 0 Å². The summed E-state index contributed by atoms with van der Waals surface area (Å²) in [4.78, 5) is 0. The molecule has 2 N–H and O–H groups in total. The summed E-state index contributed by atoms with van der Waals surface area (Å²) in [6.07, 6.45) is 4.12. The highest BCUT2D eigenvalue weighted by Gasteiger charge is 2.22. The normalized spacial score (nSPS) is 16.8. The third kappa shape index (κ3) is 3.85. The van der Waals surface area contributed by atoms with E-state index in [1.807, 2.05) is 36.4 Å². The van der Waals surface area contributed by atoms with Gasteiger partial charge < -0.3 is 15.2 Å². The van der Waals surface area contributed by atoms with Crippen LogP contribution in [0.1, 0.15) is 36.5 Å². The Labute approximate surface area is 138 Å². The summed E-state index contributed by atoms with van der Waals surface area (Å²) in [5, 5.41) is 14.1. The molecule has 0 spiro atoms. The predicted molar refractivity (Wildman–Crippen MR) is 93.0 cm³/mol. The number of benzene rings is 2. The van der Waals surface area contributed by atoms with Gasteiger partial charge in [0.1, 0.15) is 6.61 Å². The van der Waals surface area contributed by atoms with Crippen LogP contribution in [0.5, 0.6) is 11.5 Å². The summed E-state index contributed by atoms with van der Waals surface area (Å²) in [5.74, 6) is 0.917. The van der Waals surface area contributed by atoms with Crippen LogP contribution in [-0.2, 0) is 19.4 Å². The van der Waals surface area contributed by atoms with Crippen LogP contribution in [0.15, 0.2) is 42.5 Å². The standard InChI is InChI=1S/C20H25NO2/c1-2-12-21-17-9-10-18-16(13-17)8-11-19(20(18)22)23-14-15-6-4-3-5-7-15/h3-8,11,17,21-22H,2,9-10,12-14H2,1H3/t17-/m0/s1. The van der Waals surface area contributed by atoms with E-state index in [0.29, 0.717) is 24.1 Å². The molecule has 0 saturated carbocycles. The summed E-state index contributed by atoms with van der Waals surface area (Å²) in [7, 11) is 0. The SMILES string of the molecule is CCCN[C@H]1CCc2c(ccc(OCc3ccccc3)c2O)C1. The number of hydrogen-bond donors (Lipinski definition) is 2. The number of ether oxygens (including phenoxy) is 1. The van der Waals surface area contributed by atoms with Gasteiger partial charge in [-0.05, 0) is 49.4 Å². The van der Waals surface area contributed by atoms with Gasteiger partial charge in [0.15, 0.2) is 11.5 Å². The van der Waals surface area contributed by atoms with Crippen LogP contribution in [-0.4, -0.2) is 17.7 Å². The van der Waals surface area contributed by atoms with Gasteiger partial charge in [-0.25, -0.2) is 0 Å². The second kappa shape index (κ2) is 7.51. The van der Waals surface area contributed by atoms with Crippen LogP contribution in [0, 0.1) is 0 Å². The number of aromatic hydroxyl groups is 1. The van der Waals surface area contributed by atoms with Crippen molar-refractivity contribution in [2.24, 2.45) is 0 Å². The zero-order chi connectivity index (χ0) is 16.1. The fraction of sp³-hybridized carbons (Fsp3) is 0.400. The van der Waals surface area contributed by atoms with E-state index in [-0.39, 0.29) is 0 Å². The second-order valence-electron chi connectivity index (χ2n) is 6.22. The number of rotatable bonds is 6. The maximum Gasteiger partial charge on any atom is 0.161 e. The van der Waals surface area contributed by atoms with E-state index in [0.717, 1.165) is 43.4 Å². The molecule has 0 bridgehead atoms. The van der Waals surface area contributed by atoms with Gasteiger partial charge in [0.25, 0.3) is 0 Å². The first kappa shape index (κ1) is 15.9. The van der Waals surface area contributed by atoms with E-state index in [9.17, 15) is 5.11 Å². The van der Waals surface area contributed by atoms with Gasteiger partial charge in [0, 0.05) is 11.6 Å². The third-order valence-corrected chi connectivity index (χ3v) is 4.47. The molecule has 0 heterocycles. The summed E-state index contributed by atoms with van der Waals surface area (Å²) in [6.45, 7) is 3.73. The molecule has 3 heteroatoms. The lowest BCUT2D eigenvalue weighted by Crippen LogP contribution is -2.35. The second-order valence-corrected chi connectivity index (χ2v) is 6.22. The summed E-state index contributed by atoms with van der Waals surface area (Å²) < 4.78 is 5.82. The molecular weight excluding hydrogens is 286 g/mol. The lowest BCUT2D eigenvalue weighted by molar-refractivity contribution is 0.286. The van der Waals surface area contributed by atoms with Gasteiger partial charge in [0.05, 0.1) is 0 Å². The number of fused-ring (bicyclic) bond motifs is 1. The van der Waals surface area contributed by atoms with Crippen molar-refractivity contribution >= 4 is 0 Å². The molecule has 1 aliphatic rings. The summed E-state index contributed by atoms with van der Waals surface area (Å²) in [5.41, 5.74) is 3.41. The number of phenolic OH excluding ortho intramolecular Hbond substituents is 1. The average Bonchev–Trinajstić information content (AvgIpc) is 2.60. The Balaban J connectivity index is 1.68. The van der Waals surface area contributed by atoms with Gasteiger partial charge in [-0.1, -0.05) is 43.3 Å². The van der Waals surface area contributed by atoms with Gasteiger partial charge in [-0.2, -0.15) is 0 Å². The van der Waals surface area contributed by atoms with Gasteiger partial charge in [0.2, 0.25) is 0 Å². The van der Waals surface area contributed by atoms with Crippen LogP contribution in [0.25, 0.3) is 0 Å². The Hall–Kier alpha value is -2.00. The van der Waals surface area contributed by atoms with Crippen molar-refractivity contribution in [1.29, 1.82) is 0 Å². The molecule has 0 aliphatic heterocycles. The lowest BCUT2D eigenvalue weighted by atomic mass is 9.87. The number of phenols is 1. The first-order valence-corrected chi connectivity index (χ1v) is 8.51. The average molecular weight is 311 g/mol. The van der Waals surface area contributed by atoms with Crippen LogP contribution in [0.3, 0.4) is 0 Å². The Bertz CT molecular complexity index is 640. The van der Waals surface area contributed by atoms with Crippen LogP contribution in [0.4, 0.5) is 0 Å². The zero-order valence-corrected chi connectivity index (χ0v) is 13.7. The lowest BCUT2D eigenvalue weighted by Gasteiger charge is -2.26. The van der Waals surface area contributed by atoms with Gasteiger partial charge in [-0.3, -0.25) is 0 Å². The summed E-state index contributed by atoms with van der Waals surface area (Å²) in [6, 6.07) is 14.6. The minimum absolute atomic E-state index is 0.326. The van der Waals surface area contributed by atoms with Crippen molar-refractivity contribution in [1.82, 2.24) is 5.32 Å². The van der Waals surface area contributed by atoms with Crippen molar-refractivity contribution in [3.63, 3.8) is 0 Å². The van der Waals surface area contributed by atoms with E-state index in [2.05, 4.69) is 18.3 Å². The predicted octanol–water partition coefficient (Wildman–Crippen LogP) is 3.83. The van der Waals surface area contributed by atoms with Crippen molar-refractivity contribution in [3.8, 4) is 11.5 Å². The van der Waals surface area contributed by atoms with Crippen LogP contribution < -0.4 is 10.1 Å². The van der Waals surface area contributed by atoms with Crippen LogP contribution >= 0.6 is 0 Å². The topological polar surface area (TPSA) is 41.5 Å². The molecular formula is C20H25NO2. The molecule has 0 aromatic heterocycles. The summed E-state index contributed by atoms with van der Waals surface area (Å²) >= 11 is 0. The molecule has 2 aromatic rings. The first-order valence-electron chi connectivity index (χ1n) is 8.51. The Morgan fingerprint density at radius 3 is 2.78 bits per heavy atom. The van der Waals surface area contributed by atoms with Crippen molar-refractivity contribution in [3.05, 3.63) is 59.2 Å². The fourth-order valence-corrected chi connectivity index (χ4v) is 3.19. The highest BCUT2D eigenvalue weighted by atomic mass is 16.5. The molecule has 1 aliphatic carbocycles. The number of hydrogen-bond acceptors (Lipinski definition) is 3. The van der Waals surface area contributed by atoms with E-state index < -0.39 is 0 Å². The zero-order valence-electron chi connectivity index (χ0n) is 13.7. The van der Waals surface area contributed by atoms with Crippen molar-refractivity contribution in [2.75, 3.05) is 6.54 Å². The van der Waals surface area contributed by atoms with Gasteiger partial charge >= 0.3 is 0 Å². The molecule has 3 nitrogen and oxygen atoms in total. The smallest absolute Gasteiger partial charge is 0.161 e. The maximum atomic E-state index is 10.5. The van der Waals surface area contributed by atoms with E-state index >= 15 is 0 Å². The first-order chi connectivity index (χ1) is 11.3. The maximum absolute atomic E-state index is 10.5. The molecule has 0 fully saturated rings. The molecule has 0 amide bonds. The van der Waals surface area contributed by atoms with E-state index in [4.69, 9.17) is 4.74 Å². The van der Waals surface area contributed by atoms with Crippen molar-refractivity contribution in [2.45, 2.75) is 45.3 Å². The monoisotopic (exact) mass is 311 g/mol. The molecule has 2 aromatic carbocycles. The van der Waals surface area contributed by atoms with E-state index in [1.54, 1.807) is 0 Å². The molecule has 0 unspecified atom stereocenters. The molecule has 23 heavy (non-hydrogen) atoms. The van der Waals surface area contributed by atoms with Crippen molar-refractivity contribution < 1.29 is 9.84 Å². The largest absolute Gasteiger partial charge is 0.504 e. The fourth-order valence-electron chi connectivity index (χ4n) is 3.19. The Kier molecular flexibility index (Phi) is 5.19. The molecule has 122 valence electrons. The number of nitrogens with one attached hydrogen (secondary N) is 1. The highest BCUT2D eigenvalue weighted by molar-refractivity contribution is 5.51. The van der Waals surface area contributed by atoms with Crippen LogP contribution in [0.2, 0.25) is 0 Å².